The molecule has 1 aromatic rings. The Morgan fingerprint density at radius 2 is 2.00 bits per heavy atom. The van der Waals surface area contributed by atoms with Crippen LogP contribution < -0.4 is 10.5 Å². The molecule has 0 radical (unpaired) electrons. The standard InChI is InChI=1S/C10H13F2NO2/c1-15-10-4-9(12)8(11)3-6(10)2-7(14)5-13/h3-4,7,14H,2,5,13H2,1H3. The second-order valence-electron chi connectivity index (χ2n) is 3.17. The van der Waals surface area contributed by atoms with Crippen molar-refractivity contribution >= 4 is 0 Å². The van der Waals surface area contributed by atoms with Crippen LogP contribution in [0.25, 0.3) is 0 Å². The van der Waals surface area contributed by atoms with Crippen molar-refractivity contribution in [3.05, 3.63) is 29.3 Å². The highest BCUT2D eigenvalue weighted by atomic mass is 19.2. The van der Waals surface area contributed by atoms with Crippen LogP contribution in [0.15, 0.2) is 12.1 Å². The summed E-state index contributed by atoms with van der Waals surface area (Å²) in [5, 5.41) is 9.29. The number of aliphatic hydroxyl groups is 1. The molecule has 0 saturated carbocycles. The molecule has 15 heavy (non-hydrogen) atoms. The van der Waals surface area contributed by atoms with Gasteiger partial charge in [-0.1, -0.05) is 0 Å². The van der Waals surface area contributed by atoms with E-state index in [4.69, 9.17) is 10.5 Å². The lowest BCUT2D eigenvalue weighted by atomic mass is 10.1. The second kappa shape index (κ2) is 5.04. The van der Waals surface area contributed by atoms with Gasteiger partial charge in [-0.25, -0.2) is 8.78 Å². The van der Waals surface area contributed by atoms with Crippen molar-refractivity contribution in [2.45, 2.75) is 12.5 Å². The second-order valence-corrected chi connectivity index (χ2v) is 3.17. The van der Waals surface area contributed by atoms with Crippen LogP contribution in [0.3, 0.4) is 0 Å². The molecule has 0 fully saturated rings. The Balaban J connectivity index is 2.99. The van der Waals surface area contributed by atoms with Gasteiger partial charge in [0.05, 0.1) is 13.2 Å². The molecule has 5 heteroatoms. The Hall–Kier alpha value is -1.20. The van der Waals surface area contributed by atoms with Crippen molar-refractivity contribution in [3.63, 3.8) is 0 Å². The smallest absolute Gasteiger partial charge is 0.162 e. The molecule has 1 unspecified atom stereocenters. The van der Waals surface area contributed by atoms with Gasteiger partial charge in [0, 0.05) is 19.0 Å². The molecule has 0 saturated heterocycles. The van der Waals surface area contributed by atoms with E-state index in [1.54, 1.807) is 0 Å². The summed E-state index contributed by atoms with van der Waals surface area (Å²) in [7, 11) is 1.35. The highest BCUT2D eigenvalue weighted by molar-refractivity contribution is 5.35. The summed E-state index contributed by atoms with van der Waals surface area (Å²) in [6, 6.07) is 1.96. The number of rotatable bonds is 4. The minimum Gasteiger partial charge on any atom is -0.496 e. The minimum absolute atomic E-state index is 0.0577. The van der Waals surface area contributed by atoms with E-state index in [0.717, 1.165) is 12.1 Å². The number of hydrogen-bond acceptors (Lipinski definition) is 3. The fourth-order valence-corrected chi connectivity index (χ4v) is 1.26. The summed E-state index contributed by atoms with van der Waals surface area (Å²) in [4.78, 5) is 0. The van der Waals surface area contributed by atoms with Gasteiger partial charge in [0.1, 0.15) is 5.75 Å². The number of benzene rings is 1. The zero-order valence-corrected chi connectivity index (χ0v) is 8.34. The zero-order valence-electron chi connectivity index (χ0n) is 8.34. The predicted molar refractivity (Wildman–Crippen MR) is 51.7 cm³/mol. The van der Waals surface area contributed by atoms with Crippen molar-refractivity contribution in [1.29, 1.82) is 0 Å². The Morgan fingerprint density at radius 1 is 1.40 bits per heavy atom. The third-order valence-electron chi connectivity index (χ3n) is 2.05. The van der Waals surface area contributed by atoms with Gasteiger partial charge in [-0.05, 0) is 11.6 Å². The maximum absolute atomic E-state index is 12.9. The lowest BCUT2D eigenvalue weighted by Crippen LogP contribution is -2.22. The van der Waals surface area contributed by atoms with E-state index >= 15 is 0 Å². The topological polar surface area (TPSA) is 55.5 Å². The van der Waals surface area contributed by atoms with E-state index < -0.39 is 17.7 Å². The lowest BCUT2D eigenvalue weighted by Gasteiger charge is -2.12. The number of hydrogen-bond donors (Lipinski definition) is 2. The summed E-state index contributed by atoms with van der Waals surface area (Å²) in [6.45, 7) is 0.0577. The van der Waals surface area contributed by atoms with Crippen LogP contribution in [0.5, 0.6) is 5.75 Å². The third kappa shape index (κ3) is 2.87. The van der Waals surface area contributed by atoms with Gasteiger partial charge in [0.25, 0.3) is 0 Å². The van der Waals surface area contributed by atoms with Crippen LogP contribution in [0.2, 0.25) is 0 Å². The molecule has 0 bridgehead atoms. The van der Waals surface area contributed by atoms with Gasteiger partial charge in [-0.2, -0.15) is 0 Å². The van der Waals surface area contributed by atoms with Crippen molar-refractivity contribution in [2.24, 2.45) is 5.73 Å². The molecule has 84 valence electrons. The number of nitrogens with two attached hydrogens (primary N) is 1. The van der Waals surface area contributed by atoms with Crippen molar-refractivity contribution < 1.29 is 18.6 Å². The normalized spacial score (nSPS) is 12.6. The zero-order chi connectivity index (χ0) is 11.4. The maximum Gasteiger partial charge on any atom is 0.162 e. The van der Waals surface area contributed by atoms with Gasteiger partial charge in [0.15, 0.2) is 11.6 Å². The molecule has 0 aliphatic heterocycles. The molecule has 1 rings (SSSR count). The molecule has 0 aromatic heterocycles. The summed E-state index contributed by atoms with van der Waals surface area (Å²) in [6.07, 6.45) is -0.652. The molecular formula is C10H13F2NO2. The first-order chi connectivity index (χ1) is 7.08. The summed E-state index contributed by atoms with van der Waals surface area (Å²) in [5.74, 6) is -1.73. The highest BCUT2D eigenvalue weighted by Crippen LogP contribution is 2.23. The number of ether oxygens (including phenoxy) is 1. The Bertz CT molecular complexity index is 344. The minimum atomic E-state index is -0.974. The van der Waals surface area contributed by atoms with E-state index in [-0.39, 0.29) is 18.7 Å². The van der Waals surface area contributed by atoms with Crippen LogP contribution in [0.1, 0.15) is 5.56 Å². The van der Waals surface area contributed by atoms with Crippen LogP contribution >= 0.6 is 0 Å². The van der Waals surface area contributed by atoms with E-state index in [9.17, 15) is 13.9 Å². The van der Waals surface area contributed by atoms with E-state index in [1.165, 1.54) is 7.11 Å². The monoisotopic (exact) mass is 217 g/mol. The van der Waals surface area contributed by atoms with E-state index in [2.05, 4.69) is 0 Å². The lowest BCUT2D eigenvalue weighted by molar-refractivity contribution is 0.182. The molecule has 0 amide bonds. The van der Waals surface area contributed by atoms with Gasteiger partial charge in [-0.3, -0.25) is 0 Å². The molecule has 3 nitrogen and oxygen atoms in total. The highest BCUT2D eigenvalue weighted by Gasteiger charge is 2.13. The first-order valence-electron chi connectivity index (χ1n) is 4.48. The Labute approximate surface area is 86.5 Å². The SMILES string of the molecule is COc1cc(F)c(F)cc1CC(O)CN. The quantitative estimate of drug-likeness (QED) is 0.785. The first kappa shape index (κ1) is 11.9. The van der Waals surface area contributed by atoms with Gasteiger partial charge in [-0.15, -0.1) is 0 Å². The van der Waals surface area contributed by atoms with Crippen molar-refractivity contribution in [2.75, 3.05) is 13.7 Å². The predicted octanol–water partition coefficient (Wildman–Crippen LogP) is 0.835. The molecule has 0 aliphatic carbocycles. The molecule has 0 heterocycles. The van der Waals surface area contributed by atoms with Gasteiger partial charge in [0.2, 0.25) is 0 Å². The Kier molecular flexibility index (Phi) is 3.99. The van der Waals surface area contributed by atoms with Crippen molar-refractivity contribution in [3.8, 4) is 5.75 Å². The Morgan fingerprint density at radius 3 is 2.53 bits per heavy atom. The van der Waals surface area contributed by atoms with Gasteiger partial charge >= 0.3 is 0 Å². The van der Waals surface area contributed by atoms with Crippen LogP contribution in [0, 0.1) is 11.6 Å². The van der Waals surface area contributed by atoms with Gasteiger partial charge < -0.3 is 15.6 Å². The molecular weight excluding hydrogens is 204 g/mol. The third-order valence-corrected chi connectivity index (χ3v) is 2.05. The summed E-state index contributed by atoms with van der Waals surface area (Å²) >= 11 is 0. The number of aliphatic hydroxyl groups excluding tert-OH is 1. The van der Waals surface area contributed by atoms with Crippen LogP contribution in [-0.4, -0.2) is 24.9 Å². The van der Waals surface area contributed by atoms with E-state index in [0.29, 0.717) is 5.56 Å². The fourth-order valence-electron chi connectivity index (χ4n) is 1.26. The largest absolute Gasteiger partial charge is 0.496 e. The molecule has 1 aromatic carbocycles. The molecule has 0 spiro atoms. The van der Waals surface area contributed by atoms with Crippen LogP contribution in [-0.2, 0) is 6.42 Å². The van der Waals surface area contributed by atoms with Crippen molar-refractivity contribution in [1.82, 2.24) is 0 Å². The molecule has 0 aliphatic rings. The summed E-state index contributed by atoms with van der Waals surface area (Å²) in [5.41, 5.74) is 5.62. The number of halogens is 2. The maximum atomic E-state index is 12.9. The first-order valence-corrected chi connectivity index (χ1v) is 4.48. The van der Waals surface area contributed by atoms with Crippen LogP contribution in [0.4, 0.5) is 8.78 Å². The molecule has 3 N–H and O–H groups in total. The molecule has 1 atom stereocenters. The number of methoxy groups -OCH3 is 1. The summed E-state index contributed by atoms with van der Waals surface area (Å²) < 4.78 is 30.6. The average molecular weight is 217 g/mol. The fraction of sp³-hybridized carbons (Fsp3) is 0.400. The van der Waals surface area contributed by atoms with E-state index in [1.807, 2.05) is 0 Å². The average Bonchev–Trinajstić information content (AvgIpc) is 2.22.